The van der Waals surface area contributed by atoms with E-state index in [1.54, 1.807) is 0 Å². The van der Waals surface area contributed by atoms with Crippen LogP contribution >= 0.6 is 0 Å². The van der Waals surface area contributed by atoms with Gasteiger partial charge in [0.2, 0.25) is 0 Å². The van der Waals surface area contributed by atoms with Crippen LogP contribution in [-0.4, -0.2) is 47.3 Å². The number of nitrogens with one attached hydrogen (secondary N) is 1. The topological polar surface area (TPSA) is 39.7 Å². The zero-order chi connectivity index (χ0) is 17.8. The lowest BCUT2D eigenvalue weighted by Crippen LogP contribution is -2.62. The lowest BCUT2D eigenvalue weighted by Gasteiger charge is -2.45. The van der Waals surface area contributed by atoms with E-state index in [0.717, 1.165) is 13.0 Å². The minimum Gasteiger partial charge on any atom is -0.417 e. The van der Waals surface area contributed by atoms with E-state index in [4.69, 9.17) is 12.3 Å². The number of rotatable bonds is 10. The summed E-state index contributed by atoms with van der Waals surface area (Å²) in [4.78, 5) is 0. The predicted molar refractivity (Wildman–Crippen MR) is 107 cm³/mol. The number of hydrogen-bond acceptors (Lipinski definition) is 4. The van der Waals surface area contributed by atoms with Crippen molar-refractivity contribution in [3.05, 3.63) is 0 Å². The zero-order valence-electron chi connectivity index (χ0n) is 16.7. The molecule has 0 aliphatic carbocycles. The molecule has 134 valence electrons. The quantitative estimate of drug-likeness (QED) is 0.566. The standard InChI is InChI=1S/C14H39NO3Si4/c1-14(12-13-15-2)22(16-19(3,4)5,17-20(6,7)8)18-21(9,10)11/h14-15H,12-13H2,1-11H3. The van der Waals surface area contributed by atoms with Gasteiger partial charge in [0.25, 0.3) is 0 Å². The van der Waals surface area contributed by atoms with Gasteiger partial charge in [0.1, 0.15) is 0 Å². The molecule has 0 aliphatic heterocycles. The van der Waals surface area contributed by atoms with E-state index in [1.165, 1.54) is 0 Å². The van der Waals surface area contributed by atoms with Gasteiger partial charge in [-0.1, -0.05) is 6.92 Å². The highest BCUT2D eigenvalue weighted by Crippen LogP contribution is 2.36. The molecule has 0 heterocycles. The van der Waals surface area contributed by atoms with Crippen LogP contribution in [0.1, 0.15) is 13.3 Å². The molecule has 0 radical (unpaired) electrons. The fourth-order valence-corrected chi connectivity index (χ4v) is 17.0. The Hall–Kier alpha value is 0.708. The third-order valence-corrected chi connectivity index (χ3v) is 15.0. The van der Waals surface area contributed by atoms with E-state index in [-0.39, 0.29) is 0 Å². The molecule has 1 N–H and O–H groups in total. The third kappa shape index (κ3) is 9.76. The predicted octanol–water partition coefficient (Wildman–Crippen LogP) is 4.48. The van der Waals surface area contributed by atoms with Crippen LogP contribution in [0.2, 0.25) is 64.5 Å². The molecule has 1 unspecified atom stereocenters. The van der Waals surface area contributed by atoms with E-state index < -0.39 is 33.8 Å². The number of hydrogen-bond donors (Lipinski definition) is 1. The molecule has 4 nitrogen and oxygen atoms in total. The molecule has 0 amide bonds. The van der Waals surface area contributed by atoms with Crippen LogP contribution in [0.25, 0.3) is 0 Å². The second-order valence-electron chi connectivity index (χ2n) is 9.04. The van der Waals surface area contributed by atoms with Crippen molar-refractivity contribution in [2.45, 2.75) is 77.8 Å². The van der Waals surface area contributed by atoms with Gasteiger partial charge in [-0.3, -0.25) is 0 Å². The van der Waals surface area contributed by atoms with Crippen LogP contribution in [0.3, 0.4) is 0 Å². The second kappa shape index (κ2) is 8.19. The van der Waals surface area contributed by atoms with Crippen LogP contribution in [-0.2, 0) is 12.3 Å². The van der Waals surface area contributed by atoms with Crippen molar-refractivity contribution in [1.29, 1.82) is 0 Å². The van der Waals surface area contributed by atoms with E-state index in [9.17, 15) is 0 Å². The molecule has 0 rings (SSSR count). The molecule has 0 saturated carbocycles. The Morgan fingerprint density at radius 2 is 1.05 bits per heavy atom. The first-order valence-corrected chi connectivity index (χ1v) is 20.4. The van der Waals surface area contributed by atoms with Crippen molar-refractivity contribution in [2.24, 2.45) is 0 Å². The molecule has 22 heavy (non-hydrogen) atoms. The molecule has 8 heteroatoms. The van der Waals surface area contributed by atoms with Crippen LogP contribution in [0.15, 0.2) is 0 Å². The van der Waals surface area contributed by atoms with Crippen molar-refractivity contribution >= 4 is 33.8 Å². The van der Waals surface area contributed by atoms with Gasteiger partial charge in [0, 0.05) is 5.54 Å². The molecule has 0 aromatic rings. The first-order valence-electron chi connectivity index (χ1n) is 8.35. The molecule has 0 saturated heterocycles. The molecule has 0 aromatic heterocycles. The van der Waals surface area contributed by atoms with Crippen molar-refractivity contribution in [2.75, 3.05) is 13.6 Å². The molecule has 1 atom stereocenters. The summed E-state index contributed by atoms with van der Waals surface area (Å²) >= 11 is 0. The molecule has 0 aliphatic rings. The van der Waals surface area contributed by atoms with Gasteiger partial charge in [-0.15, -0.1) is 0 Å². The van der Waals surface area contributed by atoms with Crippen molar-refractivity contribution < 1.29 is 12.3 Å². The fraction of sp³-hybridized carbons (Fsp3) is 1.00. The largest absolute Gasteiger partial charge is 0.472 e. The molecule has 0 aromatic carbocycles. The zero-order valence-corrected chi connectivity index (χ0v) is 20.7. The normalized spacial score (nSPS) is 16.0. The fourth-order valence-electron chi connectivity index (χ4n) is 2.18. The summed E-state index contributed by atoms with van der Waals surface area (Å²) in [5, 5.41) is 3.25. The molecular formula is C14H39NO3Si4. The lowest BCUT2D eigenvalue weighted by atomic mass is 10.3. The summed E-state index contributed by atoms with van der Waals surface area (Å²) in [7, 11) is -5.98. The summed E-state index contributed by atoms with van der Waals surface area (Å²) < 4.78 is 20.1. The minimum absolute atomic E-state index is 0.324. The average molecular weight is 382 g/mol. The van der Waals surface area contributed by atoms with E-state index in [1.807, 2.05) is 7.05 Å². The van der Waals surface area contributed by atoms with E-state index in [0.29, 0.717) is 5.54 Å². The summed E-state index contributed by atoms with van der Waals surface area (Å²) in [6, 6.07) is 0. The Labute approximate surface area is 143 Å². The smallest absolute Gasteiger partial charge is 0.417 e. The summed E-state index contributed by atoms with van der Waals surface area (Å²) in [6.07, 6.45) is 1.03. The Morgan fingerprint density at radius 1 is 0.727 bits per heavy atom. The van der Waals surface area contributed by atoms with Gasteiger partial charge < -0.3 is 17.7 Å². The Balaban J connectivity index is 5.67. The maximum absolute atomic E-state index is 6.71. The minimum atomic E-state index is -2.70. The summed E-state index contributed by atoms with van der Waals surface area (Å²) in [5.41, 5.74) is 0.324. The molecular weight excluding hydrogens is 343 g/mol. The maximum Gasteiger partial charge on any atom is 0.472 e. The van der Waals surface area contributed by atoms with Gasteiger partial charge >= 0.3 is 8.80 Å². The molecule has 0 fully saturated rings. The maximum atomic E-state index is 6.71. The van der Waals surface area contributed by atoms with E-state index in [2.05, 4.69) is 71.2 Å². The molecule has 0 spiro atoms. The van der Waals surface area contributed by atoms with Gasteiger partial charge in [0.05, 0.1) is 0 Å². The highest BCUT2D eigenvalue weighted by Gasteiger charge is 2.53. The molecule has 0 bridgehead atoms. The Bertz CT molecular complexity index is 294. The van der Waals surface area contributed by atoms with Crippen molar-refractivity contribution in [1.82, 2.24) is 5.32 Å². The third-order valence-electron chi connectivity index (χ3n) is 2.78. The first kappa shape index (κ1) is 22.7. The van der Waals surface area contributed by atoms with Crippen LogP contribution in [0.5, 0.6) is 0 Å². The van der Waals surface area contributed by atoms with Gasteiger partial charge in [-0.25, -0.2) is 0 Å². The monoisotopic (exact) mass is 381 g/mol. The SMILES string of the molecule is CNCCC(C)[Si](O[Si](C)(C)C)(O[Si](C)(C)C)O[Si](C)(C)C. The van der Waals surface area contributed by atoms with Crippen molar-refractivity contribution in [3.63, 3.8) is 0 Å². The second-order valence-corrected chi connectivity index (χ2v) is 26.4. The van der Waals surface area contributed by atoms with Gasteiger partial charge in [0.15, 0.2) is 25.0 Å². The summed E-state index contributed by atoms with van der Waals surface area (Å²) in [6.45, 7) is 23.4. The Morgan fingerprint density at radius 3 is 1.27 bits per heavy atom. The average Bonchev–Trinajstić information content (AvgIpc) is 2.17. The van der Waals surface area contributed by atoms with Crippen LogP contribution < -0.4 is 5.32 Å². The van der Waals surface area contributed by atoms with Crippen LogP contribution in [0, 0.1) is 0 Å². The first-order chi connectivity index (χ1) is 9.60. The Kier molecular flexibility index (Phi) is 8.46. The van der Waals surface area contributed by atoms with E-state index >= 15 is 0 Å². The van der Waals surface area contributed by atoms with Crippen molar-refractivity contribution in [3.8, 4) is 0 Å². The lowest BCUT2D eigenvalue weighted by molar-refractivity contribution is 0.234. The highest BCUT2D eigenvalue weighted by atomic mass is 28.5. The van der Waals surface area contributed by atoms with Gasteiger partial charge in [-0.05, 0) is 78.9 Å². The van der Waals surface area contributed by atoms with Crippen LogP contribution in [0.4, 0.5) is 0 Å². The highest BCUT2D eigenvalue weighted by molar-refractivity contribution is 6.90. The summed E-state index contributed by atoms with van der Waals surface area (Å²) in [5.74, 6) is 0. The van der Waals surface area contributed by atoms with Gasteiger partial charge in [-0.2, -0.15) is 0 Å².